The van der Waals surface area contributed by atoms with Crippen LogP contribution >= 0.6 is 12.6 Å². The second-order valence-electron chi connectivity index (χ2n) is 3.54. The van der Waals surface area contributed by atoms with Crippen LogP contribution < -0.4 is 0 Å². The normalized spacial score (nSPS) is 29.4. The van der Waals surface area contributed by atoms with Gasteiger partial charge in [-0.3, -0.25) is 4.79 Å². The average molecular weight is 189 g/mol. The summed E-state index contributed by atoms with van der Waals surface area (Å²) in [4.78, 5) is 13.0. The van der Waals surface area contributed by atoms with Gasteiger partial charge in [0.05, 0.1) is 5.60 Å². The highest BCUT2D eigenvalue weighted by Gasteiger charge is 2.33. The van der Waals surface area contributed by atoms with Gasteiger partial charge in [0.15, 0.2) is 0 Å². The number of carbonyl (C=O) groups is 1. The van der Waals surface area contributed by atoms with Crippen LogP contribution in [0, 0.1) is 0 Å². The third-order valence-electron chi connectivity index (χ3n) is 2.13. The van der Waals surface area contributed by atoms with Crippen LogP contribution in [-0.4, -0.2) is 40.4 Å². The molecule has 1 unspecified atom stereocenters. The number of hydrogen-bond acceptors (Lipinski definition) is 3. The second-order valence-corrected chi connectivity index (χ2v) is 3.98. The molecule has 4 heteroatoms. The van der Waals surface area contributed by atoms with Gasteiger partial charge in [0.2, 0.25) is 5.91 Å². The molecule has 1 aliphatic rings. The molecule has 0 aromatic rings. The summed E-state index contributed by atoms with van der Waals surface area (Å²) in [6, 6.07) is 0. The molecule has 0 bridgehead atoms. The number of aliphatic hydroxyl groups is 1. The Morgan fingerprint density at radius 2 is 2.42 bits per heavy atom. The van der Waals surface area contributed by atoms with Gasteiger partial charge in [-0.2, -0.15) is 12.6 Å². The maximum atomic E-state index is 11.3. The fourth-order valence-electron chi connectivity index (χ4n) is 1.41. The molecule has 0 saturated carbocycles. The molecule has 1 N–H and O–H groups in total. The van der Waals surface area contributed by atoms with Crippen molar-refractivity contribution in [2.45, 2.75) is 25.4 Å². The number of hydrogen-bond donors (Lipinski definition) is 2. The predicted octanol–water partition coefficient (Wildman–Crippen LogP) is 0.290. The summed E-state index contributed by atoms with van der Waals surface area (Å²) in [7, 11) is 0. The van der Waals surface area contributed by atoms with E-state index in [-0.39, 0.29) is 5.91 Å². The first kappa shape index (κ1) is 9.86. The lowest BCUT2D eigenvalue weighted by atomic mass is 10.1. The van der Waals surface area contributed by atoms with E-state index in [0.29, 0.717) is 31.7 Å². The Bertz CT molecular complexity index is 182. The molecular weight excluding hydrogens is 174 g/mol. The molecule has 1 heterocycles. The van der Waals surface area contributed by atoms with Crippen LogP contribution in [0.2, 0.25) is 0 Å². The van der Waals surface area contributed by atoms with E-state index in [2.05, 4.69) is 12.6 Å². The summed E-state index contributed by atoms with van der Waals surface area (Å²) >= 11 is 3.99. The van der Waals surface area contributed by atoms with Gasteiger partial charge in [-0.15, -0.1) is 0 Å². The Morgan fingerprint density at radius 1 is 1.75 bits per heavy atom. The van der Waals surface area contributed by atoms with Crippen LogP contribution in [0.3, 0.4) is 0 Å². The van der Waals surface area contributed by atoms with E-state index in [9.17, 15) is 9.90 Å². The van der Waals surface area contributed by atoms with Gasteiger partial charge in [0, 0.05) is 19.5 Å². The summed E-state index contributed by atoms with van der Waals surface area (Å²) < 4.78 is 0. The molecule has 3 nitrogen and oxygen atoms in total. The van der Waals surface area contributed by atoms with Gasteiger partial charge in [0.25, 0.3) is 0 Å². The van der Waals surface area contributed by atoms with Crippen molar-refractivity contribution in [1.29, 1.82) is 0 Å². The third-order valence-corrected chi connectivity index (χ3v) is 2.35. The van der Waals surface area contributed by atoms with E-state index in [1.165, 1.54) is 0 Å². The molecular formula is C8H15NO2S. The molecule has 0 aromatic carbocycles. The first-order valence-corrected chi connectivity index (χ1v) is 4.79. The molecule has 0 spiro atoms. The van der Waals surface area contributed by atoms with Crippen molar-refractivity contribution in [3.8, 4) is 0 Å². The van der Waals surface area contributed by atoms with E-state index in [1.807, 2.05) is 0 Å². The predicted molar refractivity (Wildman–Crippen MR) is 50.3 cm³/mol. The van der Waals surface area contributed by atoms with Gasteiger partial charge >= 0.3 is 0 Å². The lowest BCUT2D eigenvalue weighted by molar-refractivity contribution is -0.130. The van der Waals surface area contributed by atoms with Crippen molar-refractivity contribution < 1.29 is 9.90 Å². The van der Waals surface area contributed by atoms with Crippen LogP contribution in [0.15, 0.2) is 0 Å². The molecule has 1 rings (SSSR count). The fraction of sp³-hybridized carbons (Fsp3) is 0.875. The molecule has 0 aliphatic carbocycles. The van der Waals surface area contributed by atoms with Crippen molar-refractivity contribution in [2.75, 3.05) is 18.8 Å². The number of amides is 1. The van der Waals surface area contributed by atoms with E-state index in [4.69, 9.17) is 0 Å². The zero-order chi connectivity index (χ0) is 9.19. The minimum Gasteiger partial charge on any atom is -0.388 e. The minimum absolute atomic E-state index is 0.0998. The van der Waals surface area contributed by atoms with Crippen LogP contribution in [0.1, 0.15) is 19.8 Å². The van der Waals surface area contributed by atoms with Gasteiger partial charge in [-0.25, -0.2) is 0 Å². The Balaban J connectivity index is 2.41. The summed E-state index contributed by atoms with van der Waals surface area (Å²) in [5, 5.41) is 9.57. The van der Waals surface area contributed by atoms with Crippen molar-refractivity contribution in [2.24, 2.45) is 0 Å². The largest absolute Gasteiger partial charge is 0.388 e. The zero-order valence-corrected chi connectivity index (χ0v) is 8.18. The zero-order valence-electron chi connectivity index (χ0n) is 7.29. The van der Waals surface area contributed by atoms with E-state index < -0.39 is 5.60 Å². The standard InChI is InChI=1S/C8H15NO2S/c1-8(11)3-4-9(6-8)7(10)2-5-12/h11-12H,2-6H2,1H3. The summed E-state index contributed by atoms with van der Waals surface area (Å²) in [6.45, 7) is 2.92. The highest BCUT2D eigenvalue weighted by molar-refractivity contribution is 7.80. The molecule has 1 atom stereocenters. The van der Waals surface area contributed by atoms with Crippen molar-refractivity contribution in [3.63, 3.8) is 0 Å². The number of thiol groups is 1. The van der Waals surface area contributed by atoms with Gasteiger partial charge in [-0.05, 0) is 19.1 Å². The van der Waals surface area contributed by atoms with Crippen molar-refractivity contribution >= 4 is 18.5 Å². The van der Waals surface area contributed by atoms with E-state index in [1.54, 1.807) is 11.8 Å². The molecule has 1 fully saturated rings. The lowest BCUT2D eigenvalue weighted by Gasteiger charge is -2.18. The van der Waals surface area contributed by atoms with Crippen LogP contribution in [0.5, 0.6) is 0 Å². The first-order valence-electron chi connectivity index (χ1n) is 4.16. The molecule has 70 valence electrons. The summed E-state index contributed by atoms with van der Waals surface area (Å²) in [6.07, 6.45) is 1.16. The monoisotopic (exact) mass is 189 g/mol. The average Bonchev–Trinajstić information content (AvgIpc) is 2.31. The Labute approximate surface area is 78.2 Å². The van der Waals surface area contributed by atoms with Crippen LogP contribution in [0.25, 0.3) is 0 Å². The molecule has 1 aliphatic heterocycles. The van der Waals surface area contributed by atoms with E-state index in [0.717, 1.165) is 0 Å². The maximum Gasteiger partial charge on any atom is 0.223 e. The molecule has 12 heavy (non-hydrogen) atoms. The van der Waals surface area contributed by atoms with Crippen LogP contribution in [-0.2, 0) is 4.79 Å². The van der Waals surface area contributed by atoms with Crippen molar-refractivity contribution in [3.05, 3.63) is 0 Å². The van der Waals surface area contributed by atoms with Gasteiger partial charge in [-0.1, -0.05) is 0 Å². The fourth-order valence-corrected chi connectivity index (χ4v) is 1.60. The number of rotatable bonds is 2. The smallest absolute Gasteiger partial charge is 0.223 e. The van der Waals surface area contributed by atoms with E-state index >= 15 is 0 Å². The summed E-state index contributed by atoms with van der Waals surface area (Å²) in [5.74, 6) is 0.681. The minimum atomic E-state index is -0.674. The third kappa shape index (κ3) is 2.38. The number of nitrogens with zero attached hydrogens (tertiary/aromatic N) is 1. The SMILES string of the molecule is CC1(O)CCN(C(=O)CCS)C1. The van der Waals surface area contributed by atoms with Gasteiger partial charge < -0.3 is 10.0 Å². The number of likely N-dealkylation sites (tertiary alicyclic amines) is 1. The second kappa shape index (κ2) is 3.66. The molecule has 0 aromatic heterocycles. The lowest BCUT2D eigenvalue weighted by Crippen LogP contribution is -2.33. The quantitative estimate of drug-likeness (QED) is 0.613. The maximum absolute atomic E-state index is 11.3. The highest BCUT2D eigenvalue weighted by atomic mass is 32.1. The highest BCUT2D eigenvalue weighted by Crippen LogP contribution is 2.20. The molecule has 0 radical (unpaired) electrons. The Hall–Kier alpha value is -0.220. The topological polar surface area (TPSA) is 40.5 Å². The number of carbonyl (C=O) groups excluding carboxylic acids is 1. The van der Waals surface area contributed by atoms with Crippen LogP contribution in [0.4, 0.5) is 0 Å². The molecule has 1 saturated heterocycles. The Kier molecular flexibility index (Phi) is 3.01. The first-order chi connectivity index (χ1) is 5.55. The summed E-state index contributed by atoms with van der Waals surface area (Å²) in [5.41, 5.74) is -0.674. The molecule has 1 amide bonds. The Morgan fingerprint density at radius 3 is 2.83 bits per heavy atom. The van der Waals surface area contributed by atoms with Crippen molar-refractivity contribution in [1.82, 2.24) is 4.90 Å². The van der Waals surface area contributed by atoms with Gasteiger partial charge in [0.1, 0.15) is 0 Å². The number of β-amino-alcohol motifs (C(OH)–C–C–N with tert-alkyl or cyclic N) is 1.